The van der Waals surface area contributed by atoms with Crippen molar-refractivity contribution in [2.45, 2.75) is 12.8 Å². The van der Waals surface area contributed by atoms with Gasteiger partial charge in [-0.05, 0) is 24.4 Å². The Morgan fingerprint density at radius 2 is 1.71 bits per heavy atom. The number of rotatable bonds is 5. The number of hydrogen-bond donors (Lipinski definition) is 2. The fraction of sp³-hybridized carbons (Fsp3) is 0.444. The van der Waals surface area contributed by atoms with Crippen LogP contribution in [0.15, 0.2) is 0 Å². The molecule has 8 heteroatoms. The molecule has 0 bridgehead atoms. The molecule has 1 heterocycles. The number of anilines is 1. The maximum Gasteiger partial charge on any atom is 0.207 e. The molecular formula is C9H10N6S2. The molecule has 0 saturated carbocycles. The van der Waals surface area contributed by atoms with Gasteiger partial charge in [0, 0.05) is 13.1 Å². The highest BCUT2D eigenvalue weighted by molar-refractivity contribution is 7.71. The lowest BCUT2D eigenvalue weighted by atomic mass is 10.3. The van der Waals surface area contributed by atoms with Gasteiger partial charge in [0.2, 0.25) is 10.7 Å². The number of H-pyrrole nitrogens is 2. The van der Waals surface area contributed by atoms with Crippen LogP contribution in [0.1, 0.15) is 12.8 Å². The Kier molecular flexibility index (Phi) is 5.27. The third kappa shape index (κ3) is 4.31. The van der Waals surface area contributed by atoms with Crippen molar-refractivity contribution in [3.63, 3.8) is 0 Å². The van der Waals surface area contributed by atoms with Gasteiger partial charge in [-0.15, -0.1) is 0 Å². The zero-order valence-electron chi connectivity index (χ0n) is 8.93. The zero-order valence-corrected chi connectivity index (χ0v) is 10.6. The smallest absolute Gasteiger partial charge is 0.207 e. The predicted octanol–water partition coefficient (Wildman–Crippen LogP) is 1.83. The lowest BCUT2D eigenvalue weighted by molar-refractivity contribution is 0.755. The standard InChI is InChI=1S/C9H10N6S2/c10-3-1-5-15(6-2-4-11)7-12-8(16)14-9(17)13-7/h1-2,5-6H2,(H2,12,13,14,16,17). The van der Waals surface area contributed by atoms with Crippen LogP contribution in [0.4, 0.5) is 5.95 Å². The second kappa shape index (κ2) is 6.74. The number of aromatic amines is 2. The fourth-order valence-electron chi connectivity index (χ4n) is 1.23. The van der Waals surface area contributed by atoms with E-state index in [4.69, 9.17) is 35.0 Å². The van der Waals surface area contributed by atoms with Crippen LogP contribution in [0, 0.1) is 32.2 Å². The number of nitriles is 2. The van der Waals surface area contributed by atoms with Crippen molar-refractivity contribution in [2.24, 2.45) is 0 Å². The Balaban J connectivity index is 2.95. The molecule has 0 unspecified atom stereocenters. The first-order valence-electron chi connectivity index (χ1n) is 4.87. The topological polar surface area (TPSA) is 95.3 Å². The molecule has 1 aromatic rings. The third-order valence-corrected chi connectivity index (χ3v) is 2.34. The van der Waals surface area contributed by atoms with Gasteiger partial charge in [0.25, 0.3) is 0 Å². The summed E-state index contributed by atoms with van der Waals surface area (Å²) < 4.78 is 0.654. The van der Waals surface area contributed by atoms with Crippen molar-refractivity contribution in [1.29, 1.82) is 10.5 Å². The molecule has 17 heavy (non-hydrogen) atoms. The van der Waals surface area contributed by atoms with E-state index in [9.17, 15) is 0 Å². The van der Waals surface area contributed by atoms with Gasteiger partial charge in [-0.3, -0.25) is 0 Å². The average molecular weight is 266 g/mol. The summed E-state index contributed by atoms with van der Waals surface area (Å²) in [7, 11) is 0. The van der Waals surface area contributed by atoms with Gasteiger partial charge in [0.1, 0.15) is 0 Å². The summed E-state index contributed by atoms with van der Waals surface area (Å²) in [4.78, 5) is 11.4. The van der Waals surface area contributed by atoms with Gasteiger partial charge in [-0.1, -0.05) is 0 Å². The highest BCUT2D eigenvalue weighted by Gasteiger charge is 2.08. The molecule has 1 rings (SSSR count). The fourth-order valence-corrected chi connectivity index (χ4v) is 1.67. The molecule has 0 spiro atoms. The maximum absolute atomic E-state index is 8.58. The minimum absolute atomic E-state index is 0.280. The molecule has 6 nitrogen and oxygen atoms in total. The monoisotopic (exact) mass is 266 g/mol. The Bertz CT molecular complexity index is 514. The Labute approximate surface area is 109 Å². The van der Waals surface area contributed by atoms with E-state index in [1.165, 1.54) is 0 Å². The van der Waals surface area contributed by atoms with Gasteiger partial charge in [-0.2, -0.15) is 15.5 Å². The van der Waals surface area contributed by atoms with Gasteiger partial charge in [-0.25, -0.2) is 0 Å². The molecule has 0 aliphatic rings. The summed E-state index contributed by atoms with van der Waals surface area (Å²) >= 11 is 9.88. The highest BCUT2D eigenvalue weighted by Crippen LogP contribution is 2.07. The summed E-state index contributed by atoms with van der Waals surface area (Å²) in [6, 6.07) is 4.09. The van der Waals surface area contributed by atoms with Crippen molar-refractivity contribution in [3.05, 3.63) is 9.54 Å². The SMILES string of the molecule is N#CCCN(CCC#N)c1nc(=S)[nH]c(=S)[nH]1. The van der Waals surface area contributed by atoms with Gasteiger partial charge in [0.05, 0.1) is 25.0 Å². The van der Waals surface area contributed by atoms with E-state index in [0.717, 1.165) is 0 Å². The second-order valence-corrected chi connectivity index (χ2v) is 3.92. The highest BCUT2D eigenvalue weighted by atomic mass is 32.1. The summed E-state index contributed by atoms with van der Waals surface area (Å²) in [5.41, 5.74) is 0. The molecule has 0 fully saturated rings. The molecule has 0 aliphatic heterocycles. The summed E-state index contributed by atoms with van der Waals surface area (Å²) in [5.74, 6) is 0.490. The predicted molar refractivity (Wildman–Crippen MR) is 67.3 cm³/mol. The number of aromatic nitrogens is 3. The molecule has 0 radical (unpaired) electrons. The summed E-state index contributed by atoms with van der Waals surface area (Å²) in [6.07, 6.45) is 0.693. The molecule has 1 aromatic heterocycles. The average Bonchev–Trinajstić information content (AvgIpc) is 2.28. The van der Waals surface area contributed by atoms with Crippen LogP contribution in [0.25, 0.3) is 0 Å². The number of hydrogen-bond acceptors (Lipinski definition) is 6. The molecule has 0 aliphatic carbocycles. The first kappa shape index (κ1) is 13.3. The van der Waals surface area contributed by atoms with Crippen molar-refractivity contribution in [1.82, 2.24) is 15.0 Å². The molecule has 0 atom stereocenters. The zero-order chi connectivity index (χ0) is 12.7. The Morgan fingerprint density at radius 1 is 1.12 bits per heavy atom. The molecule has 0 saturated heterocycles. The molecular weight excluding hydrogens is 256 g/mol. The molecule has 88 valence electrons. The lowest BCUT2D eigenvalue weighted by Crippen LogP contribution is -2.27. The first-order valence-corrected chi connectivity index (χ1v) is 5.68. The van der Waals surface area contributed by atoms with Crippen LogP contribution in [-0.2, 0) is 0 Å². The largest absolute Gasteiger partial charge is 0.340 e. The molecule has 2 N–H and O–H groups in total. The van der Waals surface area contributed by atoms with E-state index in [1.807, 2.05) is 12.1 Å². The Hall–Kier alpha value is -1.77. The van der Waals surface area contributed by atoms with E-state index in [0.29, 0.717) is 36.7 Å². The van der Waals surface area contributed by atoms with Crippen molar-refractivity contribution in [2.75, 3.05) is 18.0 Å². The minimum atomic E-state index is 0.280. The van der Waals surface area contributed by atoms with E-state index in [1.54, 1.807) is 4.90 Å². The Morgan fingerprint density at radius 3 is 2.18 bits per heavy atom. The van der Waals surface area contributed by atoms with Crippen LogP contribution in [0.5, 0.6) is 0 Å². The van der Waals surface area contributed by atoms with Gasteiger partial charge >= 0.3 is 0 Å². The maximum atomic E-state index is 8.58. The van der Waals surface area contributed by atoms with Crippen LogP contribution in [0.2, 0.25) is 0 Å². The van der Waals surface area contributed by atoms with Crippen molar-refractivity contribution >= 4 is 30.4 Å². The van der Waals surface area contributed by atoms with E-state index in [2.05, 4.69) is 15.0 Å². The summed E-state index contributed by atoms with van der Waals surface area (Å²) in [5, 5.41) is 17.2. The van der Waals surface area contributed by atoms with E-state index in [-0.39, 0.29) is 4.77 Å². The number of nitrogens with one attached hydrogen (secondary N) is 2. The first-order chi connectivity index (χ1) is 8.17. The normalized spacial score (nSPS) is 9.29. The van der Waals surface area contributed by atoms with Crippen LogP contribution in [-0.4, -0.2) is 28.0 Å². The van der Waals surface area contributed by atoms with Crippen molar-refractivity contribution < 1.29 is 0 Å². The van der Waals surface area contributed by atoms with Gasteiger partial charge in [0.15, 0.2) is 4.77 Å². The number of nitrogens with zero attached hydrogens (tertiary/aromatic N) is 4. The lowest BCUT2D eigenvalue weighted by Gasteiger charge is -2.20. The quantitative estimate of drug-likeness (QED) is 0.789. The molecule has 0 aromatic carbocycles. The van der Waals surface area contributed by atoms with Crippen LogP contribution < -0.4 is 4.90 Å². The second-order valence-electron chi connectivity index (χ2n) is 3.12. The van der Waals surface area contributed by atoms with Crippen LogP contribution >= 0.6 is 24.4 Å². The van der Waals surface area contributed by atoms with Gasteiger partial charge < -0.3 is 14.9 Å². The van der Waals surface area contributed by atoms with Crippen molar-refractivity contribution in [3.8, 4) is 12.1 Å². The van der Waals surface area contributed by atoms with E-state index >= 15 is 0 Å². The third-order valence-electron chi connectivity index (χ3n) is 1.94. The van der Waals surface area contributed by atoms with E-state index < -0.39 is 0 Å². The van der Waals surface area contributed by atoms with Crippen LogP contribution in [0.3, 0.4) is 0 Å². The minimum Gasteiger partial charge on any atom is -0.340 e. The summed E-state index contributed by atoms with van der Waals surface area (Å²) in [6.45, 7) is 0.963. The molecule has 0 amide bonds.